The lowest BCUT2D eigenvalue weighted by molar-refractivity contribution is 0.221. The summed E-state index contributed by atoms with van der Waals surface area (Å²) in [6.45, 7) is 3.99. The standard InChI is InChI=1S/C18H28N2O2S/c1-18(2,15-10-5-6-11-16(15)22-3)20-17(21)19-13-8-7-9-14(12-13)23-4/h5-6,10-11,13-14H,7-9,12H2,1-4H3,(H2,19,20,21)/t13-,14-/m1/s1. The van der Waals surface area contributed by atoms with Gasteiger partial charge in [0, 0.05) is 16.9 Å². The molecule has 0 aliphatic heterocycles. The number of nitrogens with one attached hydrogen (secondary N) is 2. The number of ether oxygens (including phenoxy) is 1. The molecule has 2 rings (SSSR count). The van der Waals surface area contributed by atoms with Crippen LogP contribution in [0, 0.1) is 0 Å². The average Bonchev–Trinajstić information content (AvgIpc) is 2.54. The highest BCUT2D eigenvalue weighted by Crippen LogP contribution is 2.30. The number of rotatable bonds is 5. The van der Waals surface area contributed by atoms with Crippen LogP contribution in [0.2, 0.25) is 0 Å². The molecule has 2 N–H and O–H groups in total. The van der Waals surface area contributed by atoms with Gasteiger partial charge in [0.05, 0.1) is 12.6 Å². The molecule has 5 heteroatoms. The zero-order chi connectivity index (χ0) is 16.9. The molecule has 4 nitrogen and oxygen atoms in total. The summed E-state index contributed by atoms with van der Waals surface area (Å²) in [6, 6.07) is 7.97. The Labute approximate surface area is 143 Å². The molecule has 0 spiro atoms. The van der Waals surface area contributed by atoms with Crippen molar-refractivity contribution in [1.82, 2.24) is 10.6 Å². The summed E-state index contributed by atoms with van der Waals surface area (Å²) in [5.74, 6) is 0.790. The number of methoxy groups -OCH3 is 1. The predicted molar refractivity (Wildman–Crippen MR) is 97.2 cm³/mol. The van der Waals surface area contributed by atoms with Crippen molar-refractivity contribution in [3.63, 3.8) is 0 Å². The summed E-state index contributed by atoms with van der Waals surface area (Å²) in [6.07, 6.45) is 6.72. The molecule has 2 atom stereocenters. The Balaban J connectivity index is 1.98. The van der Waals surface area contributed by atoms with E-state index in [4.69, 9.17) is 4.74 Å². The summed E-state index contributed by atoms with van der Waals surface area (Å²) in [5, 5.41) is 6.90. The molecule has 0 bridgehead atoms. The number of carbonyl (C=O) groups is 1. The molecule has 1 fully saturated rings. The van der Waals surface area contributed by atoms with Gasteiger partial charge in [0.1, 0.15) is 5.75 Å². The van der Waals surface area contributed by atoms with Crippen LogP contribution in [0.25, 0.3) is 0 Å². The van der Waals surface area contributed by atoms with Gasteiger partial charge in [0.2, 0.25) is 0 Å². The van der Waals surface area contributed by atoms with Crippen LogP contribution >= 0.6 is 11.8 Å². The number of amides is 2. The number of carbonyl (C=O) groups excluding carboxylic acids is 1. The Kier molecular flexibility index (Phi) is 6.22. The first-order valence-corrected chi connectivity index (χ1v) is 9.50. The quantitative estimate of drug-likeness (QED) is 0.857. The Morgan fingerprint density at radius 3 is 2.74 bits per heavy atom. The summed E-state index contributed by atoms with van der Waals surface area (Å²) in [5.41, 5.74) is 0.479. The van der Waals surface area contributed by atoms with Gasteiger partial charge in [0.25, 0.3) is 0 Å². The van der Waals surface area contributed by atoms with Crippen LogP contribution in [0.4, 0.5) is 4.79 Å². The van der Waals surface area contributed by atoms with Gasteiger partial charge in [-0.25, -0.2) is 4.79 Å². The van der Waals surface area contributed by atoms with Gasteiger partial charge in [0.15, 0.2) is 0 Å². The van der Waals surface area contributed by atoms with Crippen LogP contribution in [-0.4, -0.2) is 30.7 Å². The van der Waals surface area contributed by atoms with Gasteiger partial charge in [-0.05, 0) is 45.4 Å². The monoisotopic (exact) mass is 336 g/mol. The highest BCUT2D eigenvalue weighted by Gasteiger charge is 2.28. The van der Waals surface area contributed by atoms with Crippen LogP contribution in [0.5, 0.6) is 5.75 Å². The van der Waals surface area contributed by atoms with Crippen molar-refractivity contribution in [3.8, 4) is 5.75 Å². The Morgan fingerprint density at radius 1 is 1.30 bits per heavy atom. The van der Waals surface area contributed by atoms with E-state index in [9.17, 15) is 4.79 Å². The van der Waals surface area contributed by atoms with E-state index in [0.29, 0.717) is 5.25 Å². The Hall–Kier alpha value is -1.36. The fraction of sp³-hybridized carbons (Fsp3) is 0.611. The van der Waals surface area contributed by atoms with Crippen LogP contribution in [0.1, 0.15) is 45.1 Å². The number of hydrogen-bond donors (Lipinski definition) is 2. The third-order valence-electron chi connectivity index (χ3n) is 4.50. The number of hydrogen-bond acceptors (Lipinski definition) is 3. The van der Waals surface area contributed by atoms with E-state index in [1.54, 1.807) is 7.11 Å². The second-order valence-electron chi connectivity index (χ2n) is 6.64. The van der Waals surface area contributed by atoms with Crippen LogP contribution in [0.3, 0.4) is 0 Å². The second kappa shape index (κ2) is 7.95. The van der Waals surface area contributed by atoms with Crippen molar-refractivity contribution < 1.29 is 9.53 Å². The smallest absolute Gasteiger partial charge is 0.315 e. The largest absolute Gasteiger partial charge is 0.496 e. The molecule has 0 radical (unpaired) electrons. The van der Waals surface area contributed by atoms with E-state index >= 15 is 0 Å². The molecular formula is C18H28N2O2S. The molecule has 23 heavy (non-hydrogen) atoms. The van der Waals surface area contributed by atoms with E-state index in [-0.39, 0.29) is 12.1 Å². The first-order valence-electron chi connectivity index (χ1n) is 8.21. The lowest BCUT2D eigenvalue weighted by atomic mass is 9.93. The normalized spacial score (nSPS) is 21.6. The van der Waals surface area contributed by atoms with Crippen molar-refractivity contribution in [2.45, 2.75) is 56.4 Å². The van der Waals surface area contributed by atoms with E-state index in [1.165, 1.54) is 12.8 Å². The number of urea groups is 1. The van der Waals surface area contributed by atoms with Crippen molar-refractivity contribution in [2.24, 2.45) is 0 Å². The molecule has 0 heterocycles. The summed E-state index contributed by atoms with van der Waals surface area (Å²) < 4.78 is 5.42. The maximum Gasteiger partial charge on any atom is 0.315 e. The fourth-order valence-corrected chi connectivity index (χ4v) is 4.05. The van der Waals surface area contributed by atoms with Gasteiger partial charge in [-0.3, -0.25) is 0 Å². The second-order valence-corrected chi connectivity index (χ2v) is 7.78. The van der Waals surface area contributed by atoms with Crippen LogP contribution in [0.15, 0.2) is 24.3 Å². The molecule has 0 unspecified atom stereocenters. The predicted octanol–water partition coefficient (Wildman–Crippen LogP) is 3.90. The number of para-hydroxylation sites is 1. The Bertz CT molecular complexity index is 534. The molecule has 0 aromatic heterocycles. The van der Waals surface area contributed by atoms with Crippen molar-refractivity contribution in [3.05, 3.63) is 29.8 Å². The van der Waals surface area contributed by atoms with Crippen molar-refractivity contribution in [1.29, 1.82) is 0 Å². The number of benzene rings is 1. The molecule has 2 amide bonds. The molecular weight excluding hydrogens is 308 g/mol. The summed E-state index contributed by atoms with van der Waals surface area (Å²) in [7, 11) is 1.65. The molecule has 1 aliphatic rings. The van der Waals surface area contributed by atoms with Gasteiger partial charge < -0.3 is 15.4 Å². The molecule has 1 aromatic rings. The molecule has 128 valence electrons. The minimum absolute atomic E-state index is 0.104. The lowest BCUT2D eigenvalue weighted by Gasteiger charge is -2.32. The third kappa shape index (κ3) is 4.80. The molecule has 1 aliphatic carbocycles. The molecule has 1 saturated carbocycles. The van der Waals surface area contributed by atoms with E-state index in [1.807, 2.05) is 49.9 Å². The van der Waals surface area contributed by atoms with E-state index in [0.717, 1.165) is 24.2 Å². The van der Waals surface area contributed by atoms with Crippen molar-refractivity contribution >= 4 is 17.8 Å². The van der Waals surface area contributed by atoms with E-state index < -0.39 is 5.54 Å². The lowest BCUT2D eigenvalue weighted by Crippen LogP contribution is -2.50. The van der Waals surface area contributed by atoms with Crippen LogP contribution < -0.4 is 15.4 Å². The van der Waals surface area contributed by atoms with E-state index in [2.05, 4.69) is 16.9 Å². The summed E-state index contributed by atoms with van der Waals surface area (Å²) >= 11 is 1.90. The third-order valence-corrected chi connectivity index (χ3v) is 5.60. The molecule has 1 aromatic carbocycles. The first-order chi connectivity index (χ1) is 11.0. The number of thioether (sulfide) groups is 1. The van der Waals surface area contributed by atoms with Gasteiger partial charge in [-0.2, -0.15) is 11.8 Å². The minimum Gasteiger partial charge on any atom is -0.496 e. The van der Waals surface area contributed by atoms with Gasteiger partial charge >= 0.3 is 6.03 Å². The highest BCUT2D eigenvalue weighted by molar-refractivity contribution is 7.99. The van der Waals surface area contributed by atoms with Crippen molar-refractivity contribution in [2.75, 3.05) is 13.4 Å². The minimum atomic E-state index is -0.496. The highest BCUT2D eigenvalue weighted by atomic mass is 32.2. The first kappa shape index (κ1) is 18.0. The average molecular weight is 337 g/mol. The topological polar surface area (TPSA) is 50.4 Å². The zero-order valence-corrected chi connectivity index (χ0v) is 15.3. The van der Waals surface area contributed by atoms with Gasteiger partial charge in [-0.1, -0.05) is 24.6 Å². The van der Waals surface area contributed by atoms with Crippen LogP contribution in [-0.2, 0) is 5.54 Å². The fourth-order valence-electron chi connectivity index (χ4n) is 3.22. The molecule has 0 saturated heterocycles. The SMILES string of the molecule is COc1ccccc1C(C)(C)NC(=O)N[C@@H]1CCC[C@@H](SC)C1. The maximum absolute atomic E-state index is 12.4. The maximum atomic E-state index is 12.4. The summed E-state index contributed by atoms with van der Waals surface area (Å²) in [4.78, 5) is 12.4. The Morgan fingerprint density at radius 2 is 2.04 bits per heavy atom. The van der Waals surface area contributed by atoms with Gasteiger partial charge in [-0.15, -0.1) is 0 Å². The zero-order valence-electron chi connectivity index (χ0n) is 14.5.